The summed E-state index contributed by atoms with van der Waals surface area (Å²) in [6, 6.07) is -0.119. The molecule has 0 rings (SSSR count). The van der Waals surface area contributed by atoms with Crippen LogP contribution in [0.25, 0.3) is 0 Å². The van der Waals surface area contributed by atoms with Crippen LogP contribution in [-0.2, 0) is 0 Å². The number of nitriles is 1. The Morgan fingerprint density at radius 2 is 2.00 bits per heavy atom. The number of hydrogen-bond acceptors (Lipinski definition) is 1. The van der Waals surface area contributed by atoms with Crippen molar-refractivity contribution in [2.75, 3.05) is 0 Å². The minimum Gasteiger partial charge on any atom is -0.198 e. The Bertz CT molecular complexity index is 125. The van der Waals surface area contributed by atoms with E-state index in [4.69, 9.17) is 38.5 Å². The summed E-state index contributed by atoms with van der Waals surface area (Å²) in [4.78, 5) is 0. The third kappa shape index (κ3) is 6.46. The van der Waals surface area contributed by atoms with E-state index in [0.717, 1.165) is 0 Å². The average Bonchev–Trinajstić information content (AvgIpc) is 1.62. The van der Waals surface area contributed by atoms with Crippen LogP contribution in [0, 0.1) is 17.2 Å². The zero-order valence-electron chi connectivity index (χ0n) is 4.87. The standard InChI is InChI=1S/C4H6Cl3NSi/c1-4(2-8)3-9(5,6)7/h4H,3H2,1H3. The maximum absolute atomic E-state index is 8.29. The Morgan fingerprint density at radius 1 is 1.56 bits per heavy atom. The van der Waals surface area contributed by atoms with Gasteiger partial charge in [0.25, 0.3) is 0 Å². The summed E-state index contributed by atoms with van der Waals surface area (Å²) in [6.45, 7) is 1.74. The van der Waals surface area contributed by atoms with Crippen molar-refractivity contribution in [1.29, 1.82) is 5.26 Å². The van der Waals surface area contributed by atoms with Crippen molar-refractivity contribution in [2.24, 2.45) is 5.92 Å². The van der Waals surface area contributed by atoms with Crippen molar-refractivity contribution >= 4 is 39.2 Å². The van der Waals surface area contributed by atoms with E-state index in [-0.39, 0.29) is 5.92 Å². The Balaban J connectivity index is 3.63. The molecule has 1 unspecified atom stereocenters. The second kappa shape index (κ2) is 3.67. The first-order valence-corrected chi connectivity index (χ1v) is 7.66. The van der Waals surface area contributed by atoms with Crippen molar-refractivity contribution in [2.45, 2.75) is 13.0 Å². The number of hydrogen-bond donors (Lipinski definition) is 0. The second-order valence-corrected chi connectivity index (χ2v) is 11.0. The number of nitrogens with zero attached hydrogens (tertiary/aromatic N) is 1. The summed E-state index contributed by atoms with van der Waals surface area (Å²) in [6.07, 6.45) is 0. The Morgan fingerprint density at radius 3 is 2.11 bits per heavy atom. The van der Waals surface area contributed by atoms with Gasteiger partial charge in [0.05, 0.1) is 6.07 Å². The highest BCUT2D eigenvalue weighted by molar-refractivity contribution is 7.64. The molecule has 5 heteroatoms. The molecular formula is C4H6Cl3NSi. The van der Waals surface area contributed by atoms with Gasteiger partial charge in [-0.2, -0.15) is 5.26 Å². The molecular weight excluding hydrogens is 196 g/mol. The van der Waals surface area contributed by atoms with Crippen LogP contribution in [0.5, 0.6) is 0 Å². The lowest BCUT2D eigenvalue weighted by molar-refractivity contribution is 0.841. The van der Waals surface area contributed by atoms with Crippen LogP contribution in [0.1, 0.15) is 6.92 Å². The zero-order chi connectivity index (χ0) is 7.49. The molecule has 0 heterocycles. The van der Waals surface area contributed by atoms with E-state index in [1.165, 1.54) is 0 Å². The minimum atomic E-state index is -2.55. The highest BCUT2D eigenvalue weighted by Gasteiger charge is 2.27. The Hall–Kier alpha value is 0.577. The van der Waals surface area contributed by atoms with E-state index < -0.39 is 6.00 Å². The normalized spacial score (nSPS) is 14.6. The zero-order valence-corrected chi connectivity index (χ0v) is 8.13. The van der Waals surface area contributed by atoms with E-state index in [2.05, 4.69) is 0 Å². The minimum absolute atomic E-state index is 0.135. The lowest BCUT2D eigenvalue weighted by atomic mass is 10.3. The Labute approximate surface area is 69.6 Å². The van der Waals surface area contributed by atoms with Gasteiger partial charge >= 0.3 is 6.00 Å². The van der Waals surface area contributed by atoms with Crippen molar-refractivity contribution in [1.82, 2.24) is 0 Å². The fourth-order valence-corrected chi connectivity index (χ4v) is 3.26. The van der Waals surface area contributed by atoms with Gasteiger partial charge in [-0.15, -0.1) is 33.2 Å². The van der Waals surface area contributed by atoms with E-state index in [1.54, 1.807) is 6.92 Å². The van der Waals surface area contributed by atoms with Crippen LogP contribution in [0.2, 0.25) is 6.04 Å². The van der Waals surface area contributed by atoms with Crippen molar-refractivity contribution in [3.63, 3.8) is 0 Å². The molecule has 0 spiro atoms. The lowest BCUT2D eigenvalue weighted by Crippen LogP contribution is -2.12. The fraction of sp³-hybridized carbons (Fsp3) is 0.750. The van der Waals surface area contributed by atoms with E-state index >= 15 is 0 Å². The Kier molecular flexibility index (Phi) is 3.91. The van der Waals surface area contributed by atoms with Gasteiger partial charge in [0.1, 0.15) is 0 Å². The highest BCUT2D eigenvalue weighted by Crippen LogP contribution is 2.28. The van der Waals surface area contributed by atoms with Crippen molar-refractivity contribution in [3.8, 4) is 6.07 Å². The molecule has 0 aromatic rings. The molecule has 0 N–H and O–H groups in total. The average molecular weight is 203 g/mol. The van der Waals surface area contributed by atoms with Crippen LogP contribution < -0.4 is 0 Å². The summed E-state index contributed by atoms with van der Waals surface area (Å²) in [7, 11) is 0. The van der Waals surface area contributed by atoms with Gasteiger partial charge in [-0.1, -0.05) is 0 Å². The molecule has 0 aromatic carbocycles. The van der Waals surface area contributed by atoms with Gasteiger partial charge in [-0.25, -0.2) is 0 Å². The molecule has 0 amide bonds. The fourth-order valence-electron chi connectivity index (χ4n) is 0.393. The summed E-state index contributed by atoms with van der Waals surface area (Å²) in [5, 5.41) is 8.29. The second-order valence-electron chi connectivity index (χ2n) is 1.85. The third-order valence-corrected chi connectivity index (χ3v) is 3.22. The predicted octanol–water partition coefficient (Wildman–Crippen LogP) is 2.80. The summed E-state index contributed by atoms with van der Waals surface area (Å²) >= 11 is 16.6. The van der Waals surface area contributed by atoms with E-state index in [0.29, 0.717) is 6.04 Å². The number of halogens is 3. The topological polar surface area (TPSA) is 23.8 Å². The van der Waals surface area contributed by atoms with Gasteiger partial charge in [0, 0.05) is 5.92 Å². The molecule has 0 aliphatic carbocycles. The molecule has 52 valence electrons. The molecule has 0 aliphatic heterocycles. The molecule has 0 bridgehead atoms. The molecule has 1 nitrogen and oxygen atoms in total. The van der Waals surface area contributed by atoms with E-state index in [9.17, 15) is 0 Å². The molecule has 0 saturated heterocycles. The van der Waals surface area contributed by atoms with Gasteiger partial charge in [-0.3, -0.25) is 0 Å². The first-order chi connectivity index (χ1) is 3.95. The molecule has 1 atom stereocenters. The molecule has 0 radical (unpaired) electrons. The van der Waals surface area contributed by atoms with Gasteiger partial charge in [0.15, 0.2) is 0 Å². The molecule has 0 aromatic heterocycles. The van der Waals surface area contributed by atoms with Gasteiger partial charge < -0.3 is 0 Å². The van der Waals surface area contributed by atoms with Crippen LogP contribution >= 0.6 is 33.2 Å². The molecule has 0 saturated carbocycles. The maximum Gasteiger partial charge on any atom is 0.342 e. The van der Waals surface area contributed by atoms with Crippen molar-refractivity contribution in [3.05, 3.63) is 0 Å². The smallest absolute Gasteiger partial charge is 0.198 e. The van der Waals surface area contributed by atoms with Crippen LogP contribution in [0.15, 0.2) is 0 Å². The summed E-state index contributed by atoms with van der Waals surface area (Å²) in [5.74, 6) is -0.135. The first kappa shape index (κ1) is 9.58. The summed E-state index contributed by atoms with van der Waals surface area (Å²) < 4.78 is 0. The SMILES string of the molecule is CC(C#N)C[Si](Cl)(Cl)Cl. The van der Waals surface area contributed by atoms with E-state index in [1.807, 2.05) is 6.07 Å². The maximum atomic E-state index is 8.29. The van der Waals surface area contributed by atoms with Crippen LogP contribution in [0.3, 0.4) is 0 Å². The van der Waals surface area contributed by atoms with Crippen LogP contribution in [0.4, 0.5) is 0 Å². The lowest BCUT2D eigenvalue weighted by Gasteiger charge is -2.07. The quantitative estimate of drug-likeness (QED) is 0.499. The molecule has 0 aliphatic rings. The van der Waals surface area contributed by atoms with Gasteiger partial charge in [-0.05, 0) is 13.0 Å². The highest BCUT2D eigenvalue weighted by atomic mass is 35.8. The third-order valence-electron chi connectivity index (χ3n) is 0.758. The monoisotopic (exact) mass is 201 g/mol. The first-order valence-electron chi connectivity index (χ1n) is 2.42. The predicted molar refractivity (Wildman–Crippen MR) is 42.9 cm³/mol. The molecule has 0 fully saturated rings. The molecule has 9 heavy (non-hydrogen) atoms. The summed E-state index contributed by atoms with van der Waals surface area (Å²) in [5.41, 5.74) is 0. The largest absolute Gasteiger partial charge is 0.342 e. The van der Waals surface area contributed by atoms with Crippen molar-refractivity contribution < 1.29 is 0 Å². The van der Waals surface area contributed by atoms with Crippen LogP contribution in [-0.4, -0.2) is 6.00 Å². The number of rotatable bonds is 2. The van der Waals surface area contributed by atoms with Gasteiger partial charge in [0.2, 0.25) is 0 Å².